The van der Waals surface area contributed by atoms with Gasteiger partial charge >= 0.3 is 6.29 Å². The molecule has 1 heterocycles. The van der Waals surface area contributed by atoms with Crippen LogP contribution in [0, 0.1) is 5.82 Å². The van der Waals surface area contributed by atoms with Crippen molar-refractivity contribution in [1.29, 1.82) is 0 Å². The Balaban J connectivity index is 1.81. The Kier molecular flexibility index (Phi) is 3.09. The van der Waals surface area contributed by atoms with Crippen LogP contribution >= 0.6 is 0 Å². The molecule has 1 amide bonds. The molecular formula is C14H9F3N2O3. The van der Waals surface area contributed by atoms with Crippen LogP contribution in [0.3, 0.4) is 0 Å². The highest BCUT2D eigenvalue weighted by Gasteiger charge is 2.43. The predicted molar refractivity (Wildman–Crippen MR) is 71.4 cm³/mol. The molecular weight excluding hydrogens is 301 g/mol. The maximum atomic E-state index is 12.9. The van der Waals surface area contributed by atoms with Crippen molar-refractivity contribution < 1.29 is 27.4 Å². The van der Waals surface area contributed by atoms with E-state index >= 15 is 0 Å². The zero-order valence-electron chi connectivity index (χ0n) is 10.9. The van der Waals surface area contributed by atoms with Gasteiger partial charge in [0.2, 0.25) is 0 Å². The van der Waals surface area contributed by atoms with Gasteiger partial charge in [-0.2, -0.15) is 0 Å². The van der Waals surface area contributed by atoms with Crippen LogP contribution in [0.4, 0.5) is 24.5 Å². The van der Waals surface area contributed by atoms with Crippen molar-refractivity contribution in [3.05, 3.63) is 47.8 Å². The molecule has 5 nitrogen and oxygen atoms in total. The fourth-order valence-electron chi connectivity index (χ4n) is 1.97. The molecule has 0 saturated heterocycles. The number of hydrogen-bond donors (Lipinski definition) is 2. The number of nitrogens with two attached hydrogens (primary N) is 1. The lowest BCUT2D eigenvalue weighted by molar-refractivity contribution is -0.286. The number of anilines is 2. The highest BCUT2D eigenvalue weighted by molar-refractivity contribution is 6.07. The van der Waals surface area contributed by atoms with Crippen molar-refractivity contribution in [1.82, 2.24) is 0 Å². The van der Waals surface area contributed by atoms with Crippen LogP contribution in [0.25, 0.3) is 0 Å². The van der Waals surface area contributed by atoms with Crippen LogP contribution < -0.4 is 20.5 Å². The van der Waals surface area contributed by atoms with Crippen LogP contribution in [0.15, 0.2) is 36.4 Å². The van der Waals surface area contributed by atoms with Crippen molar-refractivity contribution in [3.63, 3.8) is 0 Å². The molecule has 1 aliphatic rings. The van der Waals surface area contributed by atoms with E-state index in [2.05, 4.69) is 14.8 Å². The Hall–Kier alpha value is -2.90. The number of benzene rings is 2. The van der Waals surface area contributed by atoms with Gasteiger partial charge in [0.25, 0.3) is 5.91 Å². The molecule has 0 radical (unpaired) electrons. The zero-order valence-corrected chi connectivity index (χ0v) is 10.9. The normalized spacial score (nSPS) is 14.7. The summed E-state index contributed by atoms with van der Waals surface area (Å²) >= 11 is 0. The first-order valence-corrected chi connectivity index (χ1v) is 6.10. The van der Waals surface area contributed by atoms with Gasteiger partial charge in [0.05, 0.1) is 5.56 Å². The second-order valence-electron chi connectivity index (χ2n) is 4.51. The second-order valence-corrected chi connectivity index (χ2v) is 4.51. The van der Waals surface area contributed by atoms with Crippen LogP contribution in [0.5, 0.6) is 11.5 Å². The summed E-state index contributed by atoms with van der Waals surface area (Å²) in [5.74, 6) is -1.51. The fraction of sp³-hybridized carbons (Fsp3) is 0.0714. The standard InChI is InChI=1S/C14H9F3N2O3/c15-7-1-3-9(10(18)5-7)13(20)19-8-2-4-11-12(6-8)22-14(16,17)21-11/h1-6H,18H2,(H,19,20). The number of hydrogen-bond acceptors (Lipinski definition) is 4. The molecule has 22 heavy (non-hydrogen) atoms. The summed E-state index contributed by atoms with van der Waals surface area (Å²) in [6.45, 7) is 0. The fourth-order valence-corrected chi connectivity index (χ4v) is 1.97. The van der Waals surface area contributed by atoms with Crippen LogP contribution in [-0.2, 0) is 0 Å². The maximum absolute atomic E-state index is 12.9. The number of nitrogen functional groups attached to an aromatic ring is 1. The molecule has 1 aliphatic heterocycles. The van der Waals surface area contributed by atoms with Crippen molar-refractivity contribution in [2.24, 2.45) is 0 Å². The Morgan fingerprint density at radius 2 is 1.82 bits per heavy atom. The molecule has 0 bridgehead atoms. The number of nitrogens with one attached hydrogen (secondary N) is 1. The maximum Gasteiger partial charge on any atom is 0.586 e. The van der Waals surface area contributed by atoms with E-state index in [1.54, 1.807) is 0 Å². The molecule has 2 aromatic carbocycles. The third kappa shape index (κ3) is 2.62. The lowest BCUT2D eigenvalue weighted by Crippen LogP contribution is -2.25. The third-order valence-corrected chi connectivity index (χ3v) is 2.92. The van der Waals surface area contributed by atoms with E-state index in [4.69, 9.17) is 5.73 Å². The SMILES string of the molecule is Nc1cc(F)ccc1C(=O)Nc1ccc2c(c1)OC(F)(F)O2. The van der Waals surface area contributed by atoms with Crippen molar-refractivity contribution in [2.75, 3.05) is 11.1 Å². The van der Waals surface area contributed by atoms with Gasteiger partial charge in [0.15, 0.2) is 11.5 Å². The molecule has 0 fully saturated rings. The van der Waals surface area contributed by atoms with Gasteiger partial charge in [-0.15, -0.1) is 8.78 Å². The minimum atomic E-state index is -3.73. The molecule has 114 valence electrons. The molecule has 0 aliphatic carbocycles. The lowest BCUT2D eigenvalue weighted by atomic mass is 10.1. The first-order valence-electron chi connectivity index (χ1n) is 6.10. The summed E-state index contributed by atoms with van der Waals surface area (Å²) in [5, 5.41) is 2.45. The summed E-state index contributed by atoms with van der Waals surface area (Å²) in [7, 11) is 0. The molecule has 0 aromatic heterocycles. The number of ether oxygens (including phenoxy) is 2. The van der Waals surface area contributed by atoms with E-state index in [-0.39, 0.29) is 28.4 Å². The van der Waals surface area contributed by atoms with Gasteiger partial charge in [0.1, 0.15) is 5.82 Å². The predicted octanol–water partition coefficient (Wildman–Crippen LogP) is 2.98. The monoisotopic (exact) mass is 310 g/mol. The van der Waals surface area contributed by atoms with Gasteiger partial charge in [-0.3, -0.25) is 4.79 Å². The van der Waals surface area contributed by atoms with Crippen molar-refractivity contribution in [3.8, 4) is 11.5 Å². The van der Waals surface area contributed by atoms with E-state index < -0.39 is 18.0 Å². The lowest BCUT2D eigenvalue weighted by Gasteiger charge is -2.08. The van der Waals surface area contributed by atoms with E-state index in [1.165, 1.54) is 24.3 Å². The first kappa shape index (κ1) is 14.1. The number of rotatable bonds is 2. The van der Waals surface area contributed by atoms with E-state index in [9.17, 15) is 18.0 Å². The van der Waals surface area contributed by atoms with Gasteiger partial charge in [-0.25, -0.2) is 4.39 Å². The Bertz CT molecular complexity index is 765. The third-order valence-electron chi connectivity index (χ3n) is 2.92. The average molecular weight is 310 g/mol. The summed E-state index contributed by atoms with van der Waals surface area (Å²) in [6, 6.07) is 7.11. The van der Waals surface area contributed by atoms with Gasteiger partial charge in [-0.05, 0) is 30.3 Å². The molecule has 0 saturated carbocycles. The number of carbonyl (C=O) groups is 1. The van der Waals surface area contributed by atoms with Crippen LogP contribution in [-0.4, -0.2) is 12.2 Å². The van der Waals surface area contributed by atoms with Crippen LogP contribution in [0.2, 0.25) is 0 Å². The Morgan fingerprint density at radius 3 is 2.55 bits per heavy atom. The molecule has 0 atom stereocenters. The van der Waals surface area contributed by atoms with E-state index in [0.717, 1.165) is 12.1 Å². The number of halogens is 3. The molecule has 3 rings (SSSR count). The average Bonchev–Trinajstić information content (AvgIpc) is 2.71. The summed E-state index contributed by atoms with van der Waals surface area (Å²) < 4.78 is 47.3. The van der Waals surface area contributed by atoms with E-state index in [1.807, 2.05) is 0 Å². The molecule has 0 spiro atoms. The van der Waals surface area contributed by atoms with Crippen molar-refractivity contribution in [2.45, 2.75) is 6.29 Å². The number of alkyl halides is 2. The van der Waals surface area contributed by atoms with Crippen molar-refractivity contribution >= 4 is 17.3 Å². The highest BCUT2D eigenvalue weighted by atomic mass is 19.3. The van der Waals surface area contributed by atoms with Gasteiger partial charge in [-0.1, -0.05) is 0 Å². The summed E-state index contributed by atoms with van der Waals surface area (Å²) in [4.78, 5) is 12.0. The largest absolute Gasteiger partial charge is 0.586 e. The summed E-state index contributed by atoms with van der Waals surface area (Å²) in [6.07, 6.45) is -3.73. The topological polar surface area (TPSA) is 73.6 Å². The van der Waals surface area contributed by atoms with Gasteiger partial charge < -0.3 is 20.5 Å². The molecule has 3 N–H and O–H groups in total. The first-order chi connectivity index (χ1) is 10.3. The molecule has 8 heteroatoms. The second kappa shape index (κ2) is 4.83. The smallest absolute Gasteiger partial charge is 0.398 e. The minimum absolute atomic E-state index is 0.0372. The minimum Gasteiger partial charge on any atom is -0.398 e. The van der Waals surface area contributed by atoms with Gasteiger partial charge in [0, 0.05) is 17.4 Å². The van der Waals surface area contributed by atoms with Crippen LogP contribution in [0.1, 0.15) is 10.4 Å². The summed E-state index contributed by atoms with van der Waals surface area (Å²) in [5.41, 5.74) is 5.78. The number of amides is 1. The van der Waals surface area contributed by atoms with E-state index in [0.29, 0.717) is 0 Å². The molecule has 2 aromatic rings. The quantitative estimate of drug-likeness (QED) is 0.836. The number of fused-ring (bicyclic) bond motifs is 1. The number of carbonyl (C=O) groups excluding carboxylic acids is 1. The molecule has 0 unspecified atom stereocenters. The zero-order chi connectivity index (χ0) is 15.9. The highest BCUT2D eigenvalue weighted by Crippen LogP contribution is 2.42. The Morgan fingerprint density at radius 1 is 1.09 bits per heavy atom. The Labute approximate surface area is 122 Å².